The molecule has 2 unspecified atom stereocenters. The van der Waals surface area contributed by atoms with Gasteiger partial charge in [-0.05, 0) is 5.56 Å². The number of carbonyl (C=O) groups excluding carboxylic acids is 1. The van der Waals surface area contributed by atoms with Gasteiger partial charge in [-0.1, -0.05) is 30.3 Å². The minimum Gasteiger partial charge on any atom is -0.382 e. The third-order valence-electron chi connectivity index (χ3n) is 2.50. The van der Waals surface area contributed by atoms with E-state index in [4.69, 9.17) is 10.8 Å². The van der Waals surface area contributed by atoms with Gasteiger partial charge in [-0.15, -0.1) is 0 Å². The molecule has 1 aromatic rings. The Morgan fingerprint density at radius 3 is 2.42 bits per heavy atom. The summed E-state index contributed by atoms with van der Waals surface area (Å²) in [6.07, 6.45) is -7.45. The van der Waals surface area contributed by atoms with E-state index in [2.05, 4.69) is 0 Å². The summed E-state index contributed by atoms with van der Waals surface area (Å²) in [5.41, 5.74) is 6.46. The summed E-state index contributed by atoms with van der Waals surface area (Å²) >= 11 is 0. The van der Waals surface area contributed by atoms with Crippen LogP contribution >= 0.6 is 0 Å². The Balaban J connectivity index is 2.40. The highest BCUT2D eigenvalue weighted by Crippen LogP contribution is 2.19. The number of aliphatic hydroxyl groups excluding tert-OH is 1. The Kier molecular flexibility index (Phi) is 5.31. The molecule has 0 saturated heterocycles. The van der Waals surface area contributed by atoms with Crippen LogP contribution in [-0.2, 0) is 4.79 Å². The minimum absolute atomic E-state index is 0.144. The highest BCUT2D eigenvalue weighted by Gasteiger charge is 2.38. The van der Waals surface area contributed by atoms with Crippen molar-refractivity contribution in [3.8, 4) is 0 Å². The number of halogens is 3. The summed E-state index contributed by atoms with van der Waals surface area (Å²) < 4.78 is 36.0. The van der Waals surface area contributed by atoms with Gasteiger partial charge in [0, 0.05) is 12.5 Å². The maximum absolute atomic E-state index is 12.0. The molecule has 0 spiro atoms. The van der Waals surface area contributed by atoms with Gasteiger partial charge < -0.3 is 16.2 Å². The van der Waals surface area contributed by atoms with Crippen LogP contribution < -0.4 is 11.1 Å². The predicted octanol–water partition coefficient (Wildman–Crippen LogP) is 1.12. The number of benzene rings is 1. The molecule has 1 amide bonds. The smallest absolute Gasteiger partial charge is 0.382 e. The van der Waals surface area contributed by atoms with Crippen LogP contribution in [0.1, 0.15) is 18.0 Å². The maximum atomic E-state index is 12.0. The molecule has 7 heteroatoms. The van der Waals surface area contributed by atoms with Crippen LogP contribution in [0.2, 0.25) is 0 Å². The average molecular weight is 276 g/mol. The summed E-state index contributed by atoms with van der Waals surface area (Å²) in [5, 5.41) is 10.7. The lowest BCUT2D eigenvalue weighted by Gasteiger charge is -2.16. The standard InChI is InChI=1S/C12H15F3N2O2/c13-12(14,15)10(18)7-17-11(19)6-9(16)8-4-2-1-3-5-8/h1-5,9-10,18H,6-7,16H2,(H,17,19). The molecule has 1 aromatic carbocycles. The van der Waals surface area contributed by atoms with Crippen molar-refractivity contribution in [2.75, 3.05) is 6.54 Å². The van der Waals surface area contributed by atoms with Crippen LogP contribution in [0.25, 0.3) is 0 Å². The maximum Gasteiger partial charge on any atom is 0.416 e. The van der Waals surface area contributed by atoms with E-state index in [1.807, 2.05) is 5.32 Å². The van der Waals surface area contributed by atoms with Crippen molar-refractivity contribution in [1.82, 2.24) is 5.32 Å². The SMILES string of the molecule is NC(CC(=O)NCC(O)C(F)(F)F)c1ccccc1. The fourth-order valence-corrected chi connectivity index (χ4v) is 1.42. The van der Waals surface area contributed by atoms with Crippen LogP contribution in [0, 0.1) is 0 Å². The second kappa shape index (κ2) is 6.53. The number of alkyl halides is 3. The molecule has 4 N–H and O–H groups in total. The third-order valence-corrected chi connectivity index (χ3v) is 2.50. The van der Waals surface area contributed by atoms with Crippen molar-refractivity contribution in [3.05, 3.63) is 35.9 Å². The van der Waals surface area contributed by atoms with Crippen molar-refractivity contribution in [2.24, 2.45) is 5.73 Å². The fourth-order valence-electron chi connectivity index (χ4n) is 1.42. The molecule has 0 aliphatic carbocycles. The van der Waals surface area contributed by atoms with E-state index in [0.717, 1.165) is 0 Å². The van der Waals surface area contributed by atoms with Crippen molar-refractivity contribution in [2.45, 2.75) is 24.7 Å². The van der Waals surface area contributed by atoms with Gasteiger partial charge in [0.2, 0.25) is 5.91 Å². The quantitative estimate of drug-likeness (QED) is 0.754. The Labute approximate surface area is 108 Å². The topological polar surface area (TPSA) is 75.4 Å². The van der Waals surface area contributed by atoms with Gasteiger partial charge >= 0.3 is 6.18 Å². The van der Waals surface area contributed by atoms with Crippen LogP contribution in [0.5, 0.6) is 0 Å². The zero-order valence-electron chi connectivity index (χ0n) is 10.0. The van der Waals surface area contributed by atoms with Gasteiger partial charge in [0.05, 0.1) is 6.54 Å². The number of carbonyl (C=O) groups is 1. The van der Waals surface area contributed by atoms with Gasteiger partial charge in [0.15, 0.2) is 6.10 Å². The van der Waals surface area contributed by atoms with Gasteiger partial charge in [-0.25, -0.2) is 0 Å². The van der Waals surface area contributed by atoms with E-state index in [1.165, 1.54) is 0 Å². The molecule has 0 heterocycles. The van der Waals surface area contributed by atoms with Crippen molar-refractivity contribution < 1.29 is 23.1 Å². The Morgan fingerprint density at radius 2 is 1.89 bits per heavy atom. The van der Waals surface area contributed by atoms with E-state index in [0.29, 0.717) is 5.56 Å². The van der Waals surface area contributed by atoms with Crippen LogP contribution in [0.4, 0.5) is 13.2 Å². The van der Waals surface area contributed by atoms with Crippen molar-refractivity contribution >= 4 is 5.91 Å². The number of nitrogens with two attached hydrogens (primary N) is 1. The van der Waals surface area contributed by atoms with Gasteiger partial charge in [-0.2, -0.15) is 13.2 Å². The molecule has 0 aliphatic rings. The Bertz CT molecular complexity index is 409. The second-order valence-electron chi connectivity index (χ2n) is 4.08. The van der Waals surface area contributed by atoms with Crippen LogP contribution in [0.15, 0.2) is 30.3 Å². The molecule has 4 nitrogen and oxygen atoms in total. The lowest BCUT2D eigenvalue weighted by molar-refractivity contribution is -0.201. The monoisotopic (exact) mass is 276 g/mol. The van der Waals surface area contributed by atoms with E-state index < -0.39 is 30.8 Å². The normalized spacial score (nSPS) is 14.8. The number of nitrogens with one attached hydrogen (secondary N) is 1. The number of hydrogen-bond acceptors (Lipinski definition) is 3. The molecule has 0 radical (unpaired) electrons. The average Bonchev–Trinajstić information content (AvgIpc) is 2.35. The third kappa shape index (κ3) is 5.27. The summed E-state index contributed by atoms with van der Waals surface area (Å²) in [4.78, 5) is 11.4. The van der Waals surface area contributed by atoms with Crippen LogP contribution in [-0.4, -0.2) is 29.8 Å². The summed E-state index contributed by atoms with van der Waals surface area (Å²) in [6.45, 7) is -0.871. The van der Waals surface area contributed by atoms with Crippen molar-refractivity contribution in [3.63, 3.8) is 0 Å². The Hall–Kier alpha value is -1.60. The van der Waals surface area contributed by atoms with Gasteiger partial charge in [0.1, 0.15) is 0 Å². The summed E-state index contributed by atoms with van der Waals surface area (Å²) in [5.74, 6) is -0.639. The first-order chi connectivity index (χ1) is 8.80. The molecule has 0 aromatic heterocycles. The molecule has 19 heavy (non-hydrogen) atoms. The first-order valence-corrected chi connectivity index (χ1v) is 5.62. The zero-order valence-corrected chi connectivity index (χ0v) is 10.0. The van der Waals surface area contributed by atoms with E-state index in [-0.39, 0.29) is 6.42 Å². The van der Waals surface area contributed by atoms with E-state index in [1.54, 1.807) is 30.3 Å². The zero-order chi connectivity index (χ0) is 14.5. The largest absolute Gasteiger partial charge is 0.416 e. The highest BCUT2D eigenvalue weighted by molar-refractivity contribution is 5.76. The number of aliphatic hydroxyl groups is 1. The summed E-state index contributed by atoms with van der Waals surface area (Å²) in [7, 11) is 0. The highest BCUT2D eigenvalue weighted by atomic mass is 19.4. The molecule has 1 rings (SSSR count). The number of hydrogen-bond donors (Lipinski definition) is 3. The van der Waals surface area contributed by atoms with Crippen molar-refractivity contribution in [1.29, 1.82) is 0 Å². The van der Waals surface area contributed by atoms with Gasteiger partial charge in [-0.3, -0.25) is 4.79 Å². The lowest BCUT2D eigenvalue weighted by Crippen LogP contribution is -2.41. The fraction of sp³-hybridized carbons (Fsp3) is 0.417. The molecular formula is C12H15F3N2O2. The molecule has 0 bridgehead atoms. The molecule has 0 saturated carbocycles. The second-order valence-corrected chi connectivity index (χ2v) is 4.08. The number of amides is 1. The van der Waals surface area contributed by atoms with E-state index in [9.17, 15) is 18.0 Å². The Morgan fingerprint density at radius 1 is 1.32 bits per heavy atom. The number of rotatable bonds is 5. The molecule has 0 aliphatic heterocycles. The lowest BCUT2D eigenvalue weighted by atomic mass is 10.0. The molecule has 0 fully saturated rings. The molecule has 106 valence electrons. The first kappa shape index (κ1) is 15.5. The predicted molar refractivity (Wildman–Crippen MR) is 63.1 cm³/mol. The first-order valence-electron chi connectivity index (χ1n) is 5.62. The molecular weight excluding hydrogens is 261 g/mol. The summed E-state index contributed by atoms with van der Waals surface area (Å²) in [6, 6.07) is 8.14. The van der Waals surface area contributed by atoms with Crippen LogP contribution in [0.3, 0.4) is 0 Å². The van der Waals surface area contributed by atoms with E-state index >= 15 is 0 Å². The minimum atomic E-state index is -4.74. The van der Waals surface area contributed by atoms with Gasteiger partial charge in [0.25, 0.3) is 0 Å². The molecule has 2 atom stereocenters.